The van der Waals surface area contributed by atoms with Crippen molar-refractivity contribution in [2.45, 2.75) is 31.3 Å². The highest BCUT2D eigenvalue weighted by molar-refractivity contribution is 4.76. The van der Waals surface area contributed by atoms with Gasteiger partial charge in [0.2, 0.25) is 0 Å². The van der Waals surface area contributed by atoms with Gasteiger partial charge in [0.1, 0.15) is 6.61 Å². The Bertz CT molecular complexity index is 204. The van der Waals surface area contributed by atoms with Crippen LogP contribution in [0.25, 0.3) is 0 Å². The molecule has 0 rings (SSSR count). The van der Waals surface area contributed by atoms with Crippen LogP contribution in [0, 0.1) is 0 Å². The van der Waals surface area contributed by atoms with Crippen LogP contribution in [0.5, 0.6) is 0 Å². The summed E-state index contributed by atoms with van der Waals surface area (Å²) in [6.07, 6.45) is -13.6. The van der Waals surface area contributed by atoms with Gasteiger partial charge < -0.3 is 4.74 Å². The Balaban J connectivity index is 4.29. The van der Waals surface area contributed by atoms with E-state index in [2.05, 4.69) is 4.74 Å². The summed E-state index contributed by atoms with van der Waals surface area (Å²) in [6, 6.07) is 0. The Morgan fingerprint density at radius 3 is 1.60 bits per heavy atom. The molecule has 0 saturated heterocycles. The summed E-state index contributed by atoms with van der Waals surface area (Å²) < 4.78 is 96.9. The van der Waals surface area contributed by atoms with Gasteiger partial charge in [0, 0.05) is 0 Å². The molecule has 15 heavy (non-hydrogen) atoms. The fourth-order valence-electron chi connectivity index (χ4n) is 0.406. The summed E-state index contributed by atoms with van der Waals surface area (Å²) in [5, 5.41) is 0. The second-order valence-electron chi connectivity index (χ2n) is 2.70. The molecule has 1 atom stereocenters. The third-order valence-electron chi connectivity index (χ3n) is 1.39. The van der Waals surface area contributed by atoms with E-state index in [1.807, 2.05) is 0 Å². The third-order valence-corrected chi connectivity index (χ3v) is 1.39. The van der Waals surface area contributed by atoms with Gasteiger partial charge in [0.25, 0.3) is 0 Å². The average Bonchev–Trinajstić information content (AvgIpc) is 1.96. The molecular formula is C6H6F8O. The number of rotatable bonds is 3. The first kappa shape index (κ1) is 14.4. The van der Waals surface area contributed by atoms with Crippen molar-refractivity contribution in [2.75, 3.05) is 6.61 Å². The molecule has 0 aliphatic heterocycles. The van der Waals surface area contributed by atoms with Crippen LogP contribution in [-0.2, 0) is 4.74 Å². The first-order valence-electron chi connectivity index (χ1n) is 3.51. The molecule has 1 nitrogen and oxygen atoms in total. The second kappa shape index (κ2) is 4.11. The molecule has 92 valence electrons. The lowest BCUT2D eigenvalue weighted by Crippen LogP contribution is -2.43. The lowest BCUT2D eigenvalue weighted by Gasteiger charge is -2.22. The van der Waals surface area contributed by atoms with Gasteiger partial charge in [-0.2, -0.15) is 35.1 Å². The number of hydrogen-bond donors (Lipinski definition) is 0. The quantitative estimate of drug-likeness (QED) is 0.695. The minimum Gasteiger partial charge on any atom is -0.362 e. The molecule has 0 heterocycles. The Hall–Kier alpha value is -0.600. The molecule has 0 saturated carbocycles. The minimum atomic E-state index is -5.92. The van der Waals surface area contributed by atoms with Crippen LogP contribution < -0.4 is 0 Å². The van der Waals surface area contributed by atoms with Crippen molar-refractivity contribution in [2.24, 2.45) is 0 Å². The van der Waals surface area contributed by atoms with Gasteiger partial charge in [-0.25, -0.2) is 0 Å². The summed E-state index contributed by atoms with van der Waals surface area (Å²) in [4.78, 5) is 0. The van der Waals surface area contributed by atoms with Gasteiger partial charge in [-0.1, -0.05) is 0 Å². The van der Waals surface area contributed by atoms with Crippen LogP contribution in [-0.4, -0.2) is 31.0 Å². The van der Waals surface area contributed by atoms with Crippen molar-refractivity contribution in [3.8, 4) is 0 Å². The van der Waals surface area contributed by atoms with Crippen LogP contribution in [0.15, 0.2) is 0 Å². The zero-order chi connectivity index (χ0) is 12.5. The zero-order valence-corrected chi connectivity index (χ0v) is 7.22. The summed E-state index contributed by atoms with van der Waals surface area (Å²) in [7, 11) is 0. The minimum absolute atomic E-state index is 0.340. The van der Waals surface area contributed by atoms with Crippen LogP contribution in [0.4, 0.5) is 35.1 Å². The number of halogens is 8. The molecule has 0 aromatic rings. The topological polar surface area (TPSA) is 9.23 Å². The normalized spacial score (nSPS) is 16.6. The Morgan fingerprint density at radius 1 is 0.933 bits per heavy atom. The Labute approximate surface area is 79.0 Å². The summed E-state index contributed by atoms with van der Waals surface area (Å²) >= 11 is 0. The molecule has 0 aromatic heterocycles. The first-order chi connectivity index (χ1) is 6.38. The molecule has 0 amide bonds. The standard InChI is InChI=1S/C6H6F8O/c1-3(5(9,10)11)15-2-4(7,8)6(12,13)14/h3H,2H2,1H3/t3-/m0/s1. The smallest absolute Gasteiger partial charge is 0.362 e. The van der Waals surface area contributed by atoms with Crippen LogP contribution in [0.2, 0.25) is 0 Å². The maximum Gasteiger partial charge on any atom is 0.455 e. The molecular weight excluding hydrogens is 240 g/mol. The SMILES string of the molecule is C[C@H](OCC(F)(F)C(F)(F)F)C(F)(F)F. The molecule has 0 aliphatic rings. The van der Waals surface area contributed by atoms with E-state index >= 15 is 0 Å². The molecule has 0 unspecified atom stereocenters. The van der Waals surface area contributed by atoms with Crippen molar-refractivity contribution in [1.82, 2.24) is 0 Å². The van der Waals surface area contributed by atoms with Gasteiger partial charge in [0.05, 0.1) is 0 Å². The van der Waals surface area contributed by atoms with Crippen molar-refractivity contribution in [3.63, 3.8) is 0 Å². The van der Waals surface area contributed by atoms with E-state index in [-0.39, 0.29) is 0 Å². The Morgan fingerprint density at radius 2 is 1.33 bits per heavy atom. The maximum absolute atomic E-state index is 12.1. The fraction of sp³-hybridized carbons (Fsp3) is 1.00. The van der Waals surface area contributed by atoms with E-state index in [4.69, 9.17) is 0 Å². The van der Waals surface area contributed by atoms with Crippen molar-refractivity contribution in [1.29, 1.82) is 0 Å². The van der Waals surface area contributed by atoms with E-state index in [0.717, 1.165) is 0 Å². The lowest BCUT2D eigenvalue weighted by atomic mass is 10.3. The fourth-order valence-corrected chi connectivity index (χ4v) is 0.406. The molecule has 0 spiro atoms. The monoisotopic (exact) mass is 246 g/mol. The van der Waals surface area contributed by atoms with Gasteiger partial charge in [-0.3, -0.25) is 0 Å². The number of ether oxygens (including phenoxy) is 1. The highest BCUT2D eigenvalue weighted by atomic mass is 19.4. The molecule has 9 heteroatoms. The third kappa shape index (κ3) is 4.18. The maximum atomic E-state index is 12.1. The van der Waals surface area contributed by atoms with Crippen molar-refractivity contribution >= 4 is 0 Å². The van der Waals surface area contributed by atoms with E-state index in [0.29, 0.717) is 6.92 Å². The summed E-state index contributed by atoms with van der Waals surface area (Å²) in [6.45, 7) is -2.01. The molecule has 0 aliphatic carbocycles. The van der Waals surface area contributed by atoms with Crippen LogP contribution in [0.1, 0.15) is 6.92 Å². The molecule has 0 bridgehead atoms. The lowest BCUT2D eigenvalue weighted by molar-refractivity contribution is -0.311. The van der Waals surface area contributed by atoms with Crippen LogP contribution >= 0.6 is 0 Å². The van der Waals surface area contributed by atoms with Gasteiger partial charge in [-0.05, 0) is 6.92 Å². The molecule has 0 fully saturated rings. The molecule has 0 N–H and O–H groups in total. The Kier molecular flexibility index (Phi) is 3.94. The van der Waals surface area contributed by atoms with Gasteiger partial charge in [-0.15, -0.1) is 0 Å². The molecule has 0 radical (unpaired) electrons. The average molecular weight is 246 g/mol. The van der Waals surface area contributed by atoms with E-state index in [1.165, 1.54) is 0 Å². The summed E-state index contributed by atoms with van der Waals surface area (Å²) in [5.41, 5.74) is 0. The van der Waals surface area contributed by atoms with Crippen molar-refractivity contribution < 1.29 is 39.9 Å². The largest absolute Gasteiger partial charge is 0.455 e. The van der Waals surface area contributed by atoms with E-state index in [9.17, 15) is 35.1 Å². The zero-order valence-electron chi connectivity index (χ0n) is 7.22. The van der Waals surface area contributed by atoms with Crippen LogP contribution in [0.3, 0.4) is 0 Å². The highest BCUT2D eigenvalue weighted by Crippen LogP contribution is 2.36. The first-order valence-corrected chi connectivity index (χ1v) is 3.51. The predicted molar refractivity (Wildman–Crippen MR) is 32.5 cm³/mol. The van der Waals surface area contributed by atoms with Gasteiger partial charge in [0.15, 0.2) is 6.10 Å². The number of alkyl halides is 8. The van der Waals surface area contributed by atoms with E-state index in [1.54, 1.807) is 0 Å². The van der Waals surface area contributed by atoms with Crippen molar-refractivity contribution in [3.05, 3.63) is 0 Å². The predicted octanol–water partition coefficient (Wildman–Crippen LogP) is 3.15. The molecule has 0 aromatic carbocycles. The number of hydrogen-bond acceptors (Lipinski definition) is 1. The highest BCUT2D eigenvalue weighted by Gasteiger charge is 2.58. The second-order valence-corrected chi connectivity index (χ2v) is 2.70. The van der Waals surface area contributed by atoms with E-state index < -0.39 is 31.0 Å². The van der Waals surface area contributed by atoms with Gasteiger partial charge >= 0.3 is 18.3 Å². The summed E-state index contributed by atoms with van der Waals surface area (Å²) in [5.74, 6) is -5.29.